The first kappa shape index (κ1) is 38.3. The molecule has 0 aliphatic heterocycles. The second kappa shape index (κ2) is 17.8. The van der Waals surface area contributed by atoms with Crippen LogP contribution in [0.4, 0.5) is 4.79 Å². The molecule has 0 aromatic heterocycles. The fourth-order valence-corrected chi connectivity index (χ4v) is 9.59. The Labute approximate surface area is 291 Å². The van der Waals surface area contributed by atoms with E-state index in [-0.39, 0.29) is 31.4 Å². The number of carbonyl (C=O) groups is 3. The van der Waals surface area contributed by atoms with Gasteiger partial charge in [-0.25, -0.2) is 9.59 Å². The van der Waals surface area contributed by atoms with E-state index in [4.69, 9.17) is 9.47 Å². The summed E-state index contributed by atoms with van der Waals surface area (Å²) in [5.74, 6) is -1.25. The maximum absolute atomic E-state index is 13.7. The molecule has 4 aromatic carbocycles. The van der Waals surface area contributed by atoms with Gasteiger partial charge in [-0.1, -0.05) is 98.8 Å². The van der Waals surface area contributed by atoms with Gasteiger partial charge in [0.2, 0.25) is 5.91 Å². The Balaban J connectivity index is 0.00000625. The van der Waals surface area contributed by atoms with Crippen molar-refractivity contribution in [2.75, 3.05) is 12.8 Å². The van der Waals surface area contributed by atoms with E-state index in [0.29, 0.717) is 6.16 Å². The predicted molar refractivity (Wildman–Crippen MR) is 191 cm³/mol. The van der Waals surface area contributed by atoms with Crippen LogP contribution in [0.1, 0.15) is 40.2 Å². The summed E-state index contributed by atoms with van der Waals surface area (Å²) in [5, 5.41) is 9.17. The van der Waals surface area contributed by atoms with Crippen molar-refractivity contribution < 1.29 is 36.3 Å². The number of ether oxygens (including phenoxy) is 2. The minimum absolute atomic E-state index is 0. The van der Waals surface area contributed by atoms with Crippen LogP contribution < -0.4 is 39.0 Å². The van der Waals surface area contributed by atoms with E-state index in [1.165, 1.54) is 15.9 Å². The van der Waals surface area contributed by atoms with E-state index >= 15 is 0 Å². The first-order valence-corrected chi connectivity index (χ1v) is 18.0. The van der Waals surface area contributed by atoms with Gasteiger partial charge in [-0.2, -0.15) is 0 Å². The van der Waals surface area contributed by atoms with Gasteiger partial charge in [0.25, 0.3) is 0 Å². The largest absolute Gasteiger partial charge is 1.00 e. The van der Waals surface area contributed by atoms with Crippen molar-refractivity contribution in [1.82, 2.24) is 10.6 Å². The highest BCUT2D eigenvalue weighted by molar-refractivity contribution is 7.95. The number of halogens is 1. The zero-order valence-electron chi connectivity index (χ0n) is 28.3. The second-order valence-electron chi connectivity index (χ2n) is 12.8. The molecule has 2 N–H and O–H groups in total. The maximum Gasteiger partial charge on any atom is 0.407 e. The summed E-state index contributed by atoms with van der Waals surface area (Å²) in [4.78, 5) is 40.0. The summed E-state index contributed by atoms with van der Waals surface area (Å²) in [6, 6.07) is 38.7. The van der Waals surface area contributed by atoms with E-state index < -0.39 is 42.9 Å². The minimum Gasteiger partial charge on any atom is -1.00 e. The molecule has 2 atom stereocenters. The fraction of sp³-hybridized carbons (Fsp3) is 0.308. The van der Waals surface area contributed by atoms with Gasteiger partial charge in [0.1, 0.15) is 53.6 Å². The van der Waals surface area contributed by atoms with Crippen molar-refractivity contribution in [1.29, 1.82) is 0 Å². The molecule has 9 heteroatoms. The lowest BCUT2D eigenvalue weighted by molar-refractivity contribution is -0.160. The Morgan fingerprint density at radius 3 is 1.54 bits per heavy atom. The zero-order valence-corrected chi connectivity index (χ0v) is 29.9. The number of rotatable bonds is 13. The molecule has 0 fully saturated rings. The SMILES string of the molecule is CC(C)C(NC(=O)C(Cc1ccccc1)NC(=O)OCC[P+](c1ccccc1)(c1ccccc1)c1ccccc1)C(=O)OC(C)(C)C.[Cl-]. The lowest BCUT2D eigenvalue weighted by Gasteiger charge is -2.28. The summed E-state index contributed by atoms with van der Waals surface area (Å²) in [6.07, 6.45) is 0.0875. The van der Waals surface area contributed by atoms with Crippen LogP contribution in [0.5, 0.6) is 0 Å². The number of hydrogen-bond donors (Lipinski definition) is 2. The van der Waals surface area contributed by atoms with Crippen LogP contribution in [0, 0.1) is 5.92 Å². The Bertz CT molecular complexity index is 1490. The van der Waals surface area contributed by atoms with E-state index in [9.17, 15) is 14.4 Å². The molecular formula is C39H46ClN2O5P. The highest BCUT2D eigenvalue weighted by atomic mass is 35.5. The van der Waals surface area contributed by atoms with Crippen molar-refractivity contribution in [2.45, 2.75) is 58.7 Å². The van der Waals surface area contributed by atoms with Crippen LogP contribution in [-0.4, -0.2) is 48.4 Å². The summed E-state index contributed by atoms with van der Waals surface area (Å²) < 4.78 is 11.4. The Morgan fingerprint density at radius 1 is 0.688 bits per heavy atom. The molecule has 0 aliphatic rings. The van der Waals surface area contributed by atoms with Crippen LogP contribution in [0.3, 0.4) is 0 Å². The monoisotopic (exact) mass is 688 g/mol. The van der Waals surface area contributed by atoms with Crippen LogP contribution >= 0.6 is 7.26 Å². The molecule has 4 rings (SSSR count). The van der Waals surface area contributed by atoms with Crippen LogP contribution in [-0.2, 0) is 25.5 Å². The molecule has 48 heavy (non-hydrogen) atoms. The molecule has 0 radical (unpaired) electrons. The molecule has 7 nitrogen and oxygen atoms in total. The molecule has 0 saturated heterocycles. The van der Waals surface area contributed by atoms with Gasteiger partial charge >= 0.3 is 12.1 Å². The van der Waals surface area contributed by atoms with Gasteiger partial charge in [0.05, 0.1) is 0 Å². The zero-order chi connectivity index (χ0) is 33.9. The average molecular weight is 689 g/mol. The third-order valence-electron chi connectivity index (χ3n) is 7.77. The molecule has 0 spiro atoms. The molecule has 4 aromatic rings. The van der Waals surface area contributed by atoms with Crippen molar-refractivity contribution in [3.05, 3.63) is 127 Å². The summed E-state index contributed by atoms with van der Waals surface area (Å²) in [6.45, 7) is 9.15. The molecule has 0 saturated carbocycles. The fourth-order valence-electron chi connectivity index (χ4n) is 5.52. The van der Waals surface area contributed by atoms with Crippen molar-refractivity contribution in [3.63, 3.8) is 0 Å². The predicted octanol–water partition coefficient (Wildman–Crippen LogP) is 2.80. The highest BCUT2D eigenvalue weighted by Crippen LogP contribution is 2.55. The number of benzene rings is 4. The standard InChI is InChI=1S/C39H45N2O5P.ClH/c1-29(2)35(37(43)46-39(3,4)5)41-36(42)34(28-30-18-10-6-11-19-30)40-38(44)45-26-27-47(31-20-12-7-13-21-31,32-22-14-8-15-23-32)33-24-16-9-17-25-33;/h6-25,29,34-35H,26-28H2,1-5H3,(H-,40,41,42,44);1H. The Hall–Kier alpha value is -4.19. The van der Waals surface area contributed by atoms with Gasteiger partial charge in [-0.15, -0.1) is 0 Å². The molecule has 2 unspecified atom stereocenters. The van der Waals surface area contributed by atoms with Gasteiger partial charge in [-0.3, -0.25) is 4.79 Å². The topological polar surface area (TPSA) is 93.7 Å². The van der Waals surface area contributed by atoms with E-state index in [1.54, 1.807) is 20.8 Å². The van der Waals surface area contributed by atoms with E-state index in [2.05, 4.69) is 47.0 Å². The molecule has 0 bridgehead atoms. The summed E-state index contributed by atoms with van der Waals surface area (Å²) in [5.41, 5.74) is 0.144. The molecular weight excluding hydrogens is 643 g/mol. The average Bonchev–Trinajstić information content (AvgIpc) is 3.06. The quantitative estimate of drug-likeness (QED) is 0.167. The van der Waals surface area contributed by atoms with Gasteiger partial charge in [-0.05, 0) is 68.7 Å². The number of hydrogen-bond acceptors (Lipinski definition) is 5. The third kappa shape index (κ3) is 10.4. The molecule has 254 valence electrons. The first-order valence-electron chi connectivity index (χ1n) is 16.0. The van der Waals surface area contributed by atoms with Crippen molar-refractivity contribution in [2.24, 2.45) is 5.92 Å². The normalized spacial score (nSPS) is 12.6. The van der Waals surface area contributed by atoms with Crippen molar-refractivity contribution >= 4 is 41.1 Å². The number of carbonyl (C=O) groups excluding carboxylic acids is 3. The number of alkyl carbamates (subject to hydrolysis) is 1. The lowest BCUT2D eigenvalue weighted by atomic mass is 10.0. The van der Waals surface area contributed by atoms with Crippen LogP contribution in [0.2, 0.25) is 0 Å². The molecule has 0 heterocycles. The number of amides is 2. The van der Waals surface area contributed by atoms with Crippen molar-refractivity contribution in [3.8, 4) is 0 Å². The van der Waals surface area contributed by atoms with Crippen LogP contribution in [0.25, 0.3) is 0 Å². The van der Waals surface area contributed by atoms with Gasteiger partial charge in [0, 0.05) is 6.42 Å². The number of esters is 1. The molecule has 0 aliphatic carbocycles. The van der Waals surface area contributed by atoms with Gasteiger partial charge < -0.3 is 32.5 Å². The second-order valence-corrected chi connectivity index (χ2v) is 16.4. The highest BCUT2D eigenvalue weighted by Gasteiger charge is 2.45. The third-order valence-corrected chi connectivity index (χ3v) is 12.2. The first-order chi connectivity index (χ1) is 22.5. The number of nitrogens with one attached hydrogen (secondary N) is 2. The maximum atomic E-state index is 13.7. The van der Waals surface area contributed by atoms with E-state index in [0.717, 1.165) is 5.56 Å². The summed E-state index contributed by atoms with van der Waals surface area (Å²) in [7, 11) is -2.21. The van der Waals surface area contributed by atoms with Gasteiger partial charge in [0.15, 0.2) is 0 Å². The van der Waals surface area contributed by atoms with E-state index in [1.807, 2.05) is 98.8 Å². The summed E-state index contributed by atoms with van der Waals surface area (Å²) >= 11 is 0. The lowest BCUT2D eigenvalue weighted by Crippen LogP contribution is -3.00. The Morgan fingerprint density at radius 2 is 1.12 bits per heavy atom. The smallest absolute Gasteiger partial charge is 0.407 e. The minimum atomic E-state index is -2.21. The van der Waals surface area contributed by atoms with Crippen LogP contribution in [0.15, 0.2) is 121 Å². The Kier molecular flexibility index (Phi) is 14.2. The molecule has 2 amide bonds.